The van der Waals surface area contributed by atoms with Gasteiger partial charge in [0.1, 0.15) is 6.04 Å². The average molecular weight is 461 g/mol. The number of nitriles is 1. The summed E-state index contributed by atoms with van der Waals surface area (Å²) >= 11 is 1.19. The van der Waals surface area contributed by atoms with E-state index in [4.69, 9.17) is 20.5 Å². The van der Waals surface area contributed by atoms with Gasteiger partial charge >= 0.3 is 5.97 Å². The van der Waals surface area contributed by atoms with Gasteiger partial charge in [0.2, 0.25) is 5.91 Å². The summed E-state index contributed by atoms with van der Waals surface area (Å²) in [7, 11) is 1.31. The van der Waals surface area contributed by atoms with Crippen molar-refractivity contribution in [1.29, 1.82) is 5.26 Å². The van der Waals surface area contributed by atoms with Crippen LogP contribution in [0.3, 0.4) is 0 Å². The highest BCUT2D eigenvalue weighted by Crippen LogP contribution is 2.22. The smallest absolute Gasteiger partial charge is 0.307 e. The summed E-state index contributed by atoms with van der Waals surface area (Å²) in [6.07, 6.45) is 0.0789. The minimum Gasteiger partial charge on any atom is -0.469 e. The molecule has 1 aromatic heterocycles. The molecule has 172 valence electrons. The van der Waals surface area contributed by atoms with Crippen molar-refractivity contribution in [3.63, 3.8) is 0 Å². The lowest BCUT2D eigenvalue weighted by Crippen LogP contribution is -2.51. The van der Waals surface area contributed by atoms with Gasteiger partial charge in [0.25, 0.3) is 0 Å². The van der Waals surface area contributed by atoms with Crippen LogP contribution in [0.1, 0.15) is 37.7 Å². The van der Waals surface area contributed by atoms with Crippen LogP contribution in [0.4, 0.5) is 0 Å². The summed E-state index contributed by atoms with van der Waals surface area (Å²) in [5.41, 5.74) is 5.82. The van der Waals surface area contributed by atoms with Gasteiger partial charge in [0, 0.05) is 6.54 Å². The molecule has 32 heavy (non-hydrogen) atoms. The van der Waals surface area contributed by atoms with E-state index in [1.54, 1.807) is 18.4 Å². The predicted molar refractivity (Wildman–Crippen MR) is 118 cm³/mol. The van der Waals surface area contributed by atoms with Crippen molar-refractivity contribution in [2.24, 2.45) is 5.73 Å². The molecule has 0 bridgehead atoms. The van der Waals surface area contributed by atoms with Crippen LogP contribution in [-0.2, 0) is 32.2 Å². The molecule has 0 aliphatic rings. The molecule has 0 spiro atoms. The topological polar surface area (TPSA) is 145 Å². The average Bonchev–Trinajstić information content (AvgIpc) is 3.17. The first-order valence-corrected chi connectivity index (χ1v) is 11.0. The van der Waals surface area contributed by atoms with Crippen molar-refractivity contribution in [2.75, 3.05) is 19.5 Å². The third kappa shape index (κ3) is 7.64. The van der Waals surface area contributed by atoms with Gasteiger partial charge in [0.15, 0.2) is 11.0 Å². The summed E-state index contributed by atoms with van der Waals surface area (Å²) in [4.78, 5) is 24.3. The van der Waals surface area contributed by atoms with Gasteiger partial charge in [-0.2, -0.15) is 5.26 Å². The van der Waals surface area contributed by atoms with E-state index in [1.165, 1.54) is 18.9 Å². The molecule has 1 atom stereocenters. The molecule has 2 rings (SSSR count). The Morgan fingerprint density at radius 1 is 1.31 bits per heavy atom. The van der Waals surface area contributed by atoms with Crippen LogP contribution in [0, 0.1) is 11.3 Å². The van der Waals surface area contributed by atoms with Crippen molar-refractivity contribution in [1.82, 2.24) is 20.1 Å². The van der Waals surface area contributed by atoms with Gasteiger partial charge < -0.3 is 25.1 Å². The zero-order valence-electron chi connectivity index (χ0n) is 18.4. The predicted octanol–water partition coefficient (Wildman–Crippen LogP) is 1.57. The van der Waals surface area contributed by atoms with Crippen LogP contribution < -0.4 is 11.1 Å². The van der Waals surface area contributed by atoms with Crippen LogP contribution in [0.2, 0.25) is 0 Å². The fourth-order valence-corrected chi connectivity index (χ4v) is 3.30. The normalized spacial score (nSPS) is 12.1. The summed E-state index contributed by atoms with van der Waals surface area (Å²) in [6.45, 7) is 3.86. The number of amides is 1. The standard InChI is InChI=1S/C21H28N6O4S/c1-21(2,23)19(29)24-16(14-31-13-15-7-5-4-6-8-15)18-25-26-20(32-12-10-22)27(18)11-9-17(28)30-3/h4-8,16H,9,11-14,23H2,1-3H3,(H,24,29)/t16-/m1/s1. The van der Waals surface area contributed by atoms with E-state index in [0.717, 1.165) is 5.56 Å². The quantitative estimate of drug-likeness (QED) is 0.356. The maximum Gasteiger partial charge on any atom is 0.307 e. The number of rotatable bonds is 12. The Balaban J connectivity index is 2.28. The Labute approximate surface area is 191 Å². The molecule has 1 heterocycles. The summed E-state index contributed by atoms with van der Waals surface area (Å²) < 4.78 is 12.3. The lowest BCUT2D eigenvalue weighted by atomic mass is 10.1. The molecule has 0 aliphatic carbocycles. The second-order valence-electron chi connectivity index (χ2n) is 7.51. The Kier molecular flexibility index (Phi) is 9.64. The first-order valence-electron chi connectivity index (χ1n) is 9.97. The minimum atomic E-state index is -1.12. The van der Waals surface area contributed by atoms with E-state index in [0.29, 0.717) is 17.6 Å². The van der Waals surface area contributed by atoms with E-state index in [2.05, 4.69) is 15.5 Å². The number of benzene rings is 1. The Morgan fingerprint density at radius 3 is 2.66 bits per heavy atom. The fraction of sp³-hybridized carbons (Fsp3) is 0.476. The number of esters is 1. The Bertz CT molecular complexity index is 936. The number of nitrogens with two attached hydrogens (primary N) is 1. The van der Waals surface area contributed by atoms with E-state index in [9.17, 15) is 9.59 Å². The third-order valence-electron chi connectivity index (χ3n) is 4.38. The number of aromatic nitrogens is 3. The van der Waals surface area contributed by atoms with Gasteiger partial charge in [-0.1, -0.05) is 42.1 Å². The van der Waals surface area contributed by atoms with E-state index in [-0.39, 0.29) is 31.2 Å². The molecule has 0 saturated heterocycles. The second-order valence-corrected chi connectivity index (χ2v) is 8.46. The maximum absolute atomic E-state index is 12.6. The Hall–Kier alpha value is -2.94. The van der Waals surface area contributed by atoms with Crippen molar-refractivity contribution >= 4 is 23.6 Å². The van der Waals surface area contributed by atoms with Crippen LogP contribution in [0.15, 0.2) is 35.5 Å². The molecule has 1 aromatic carbocycles. The highest BCUT2D eigenvalue weighted by Gasteiger charge is 2.29. The molecule has 0 fully saturated rings. The summed E-state index contributed by atoms with van der Waals surface area (Å²) in [5, 5.41) is 20.6. The highest BCUT2D eigenvalue weighted by atomic mass is 32.2. The number of carbonyl (C=O) groups is 2. The molecule has 0 aliphatic heterocycles. The van der Waals surface area contributed by atoms with Crippen LogP contribution in [0.25, 0.3) is 0 Å². The molecule has 11 heteroatoms. The monoisotopic (exact) mass is 460 g/mol. The second kappa shape index (κ2) is 12.2. The molecular formula is C21H28N6O4S. The molecule has 10 nitrogen and oxygen atoms in total. The van der Waals surface area contributed by atoms with Crippen molar-refractivity contribution < 1.29 is 19.1 Å². The van der Waals surface area contributed by atoms with E-state index < -0.39 is 17.6 Å². The first kappa shape index (κ1) is 25.3. The molecule has 0 unspecified atom stereocenters. The number of ether oxygens (including phenoxy) is 2. The zero-order chi connectivity index (χ0) is 23.6. The lowest BCUT2D eigenvalue weighted by molar-refractivity contribution is -0.141. The van der Waals surface area contributed by atoms with Crippen LogP contribution >= 0.6 is 11.8 Å². The number of nitrogens with one attached hydrogen (secondary N) is 1. The zero-order valence-corrected chi connectivity index (χ0v) is 19.2. The van der Waals surface area contributed by atoms with Gasteiger partial charge in [-0.05, 0) is 19.4 Å². The number of methoxy groups -OCH3 is 1. The van der Waals surface area contributed by atoms with E-state index in [1.807, 2.05) is 36.4 Å². The van der Waals surface area contributed by atoms with Gasteiger partial charge in [0.05, 0.1) is 44.1 Å². The van der Waals surface area contributed by atoms with Crippen molar-refractivity contribution in [2.45, 2.75) is 50.2 Å². The molecule has 0 saturated carbocycles. The number of hydrogen-bond donors (Lipinski definition) is 2. The number of hydrogen-bond acceptors (Lipinski definition) is 9. The Morgan fingerprint density at radius 2 is 2.03 bits per heavy atom. The maximum atomic E-state index is 12.6. The molecule has 3 N–H and O–H groups in total. The number of carbonyl (C=O) groups excluding carboxylic acids is 2. The van der Waals surface area contributed by atoms with Gasteiger partial charge in [-0.25, -0.2) is 0 Å². The molecule has 0 radical (unpaired) electrons. The molecule has 1 amide bonds. The van der Waals surface area contributed by atoms with Crippen molar-refractivity contribution in [3.8, 4) is 6.07 Å². The highest BCUT2D eigenvalue weighted by molar-refractivity contribution is 7.99. The van der Waals surface area contributed by atoms with Crippen LogP contribution in [0.5, 0.6) is 0 Å². The van der Waals surface area contributed by atoms with Gasteiger partial charge in [-0.3, -0.25) is 9.59 Å². The largest absolute Gasteiger partial charge is 0.469 e. The number of thioether (sulfide) groups is 1. The summed E-state index contributed by atoms with van der Waals surface area (Å²) in [5.74, 6) is -0.224. The minimum absolute atomic E-state index is 0.0789. The number of nitrogens with zero attached hydrogens (tertiary/aromatic N) is 4. The molecule has 2 aromatic rings. The third-order valence-corrected chi connectivity index (χ3v) is 5.21. The van der Waals surface area contributed by atoms with Crippen molar-refractivity contribution in [3.05, 3.63) is 41.7 Å². The molecular weight excluding hydrogens is 432 g/mol. The first-order chi connectivity index (χ1) is 15.3. The SMILES string of the molecule is COC(=O)CCn1c(SCC#N)nnc1[C@@H](COCc1ccccc1)NC(=O)C(C)(C)N. The fourth-order valence-electron chi connectivity index (χ4n) is 2.67. The van der Waals surface area contributed by atoms with Crippen LogP contribution in [-0.4, -0.2) is 51.6 Å². The summed E-state index contributed by atoms with van der Waals surface area (Å²) in [6, 6.07) is 11.0. The lowest BCUT2D eigenvalue weighted by Gasteiger charge is -2.24. The van der Waals surface area contributed by atoms with Gasteiger partial charge in [-0.15, -0.1) is 10.2 Å². The van der Waals surface area contributed by atoms with E-state index >= 15 is 0 Å².